The number of amides is 1. The Hall–Kier alpha value is -3.06. The van der Waals surface area contributed by atoms with Gasteiger partial charge in [-0.05, 0) is 62.4 Å². The summed E-state index contributed by atoms with van der Waals surface area (Å²) < 4.78 is 16.0. The highest BCUT2D eigenvalue weighted by Crippen LogP contribution is 2.20. The van der Waals surface area contributed by atoms with E-state index >= 15 is 0 Å². The second kappa shape index (κ2) is 9.93. The summed E-state index contributed by atoms with van der Waals surface area (Å²) in [6.45, 7) is 6.95. The van der Waals surface area contributed by atoms with Crippen molar-refractivity contribution in [1.29, 1.82) is 0 Å². The summed E-state index contributed by atoms with van der Waals surface area (Å²) >= 11 is 0. The summed E-state index contributed by atoms with van der Waals surface area (Å²) in [4.78, 5) is 26.4. The van der Waals surface area contributed by atoms with Gasteiger partial charge in [-0.2, -0.15) is 0 Å². The highest BCUT2D eigenvalue weighted by molar-refractivity contribution is 5.94. The van der Waals surface area contributed by atoms with Crippen LogP contribution < -0.4 is 15.0 Å². The van der Waals surface area contributed by atoms with Crippen LogP contribution >= 0.6 is 0 Å². The number of morpholine rings is 1. The second-order valence-electron chi connectivity index (χ2n) is 6.64. The summed E-state index contributed by atoms with van der Waals surface area (Å²) in [6.07, 6.45) is -0.692. The third-order valence-corrected chi connectivity index (χ3v) is 4.56. The van der Waals surface area contributed by atoms with Crippen molar-refractivity contribution in [3.8, 4) is 5.75 Å². The van der Waals surface area contributed by atoms with E-state index in [9.17, 15) is 9.59 Å². The average molecular weight is 398 g/mol. The average Bonchev–Trinajstić information content (AvgIpc) is 2.75. The Bertz CT molecular complexity index is 814. The van der Waals surface area contributed by atoms with Crippen LogP contribution in [-0.2, 0) is 14.3 Å². The Morgan fingerprint density at radius 3 is 2.34 bits per heavy atom. The number of nitrogens with zero attached hydrogens (tertiary/aromatic N) is 1. The molecule has 1 N–H and O–H groups in total. The normalized spacial score (nSPS) is 14.8. The molecule has 0 spiro atoms. The van der Waals surface area contributed by atoms with Crippen molar-refractivity contribution in [1.82, 2.24) is 0 Å². The first-order chi connectivity index (χ1) is 14.1. The maximum Gasteiger partial charge on any atom is 0.338 e. The van der Waals surface area contributed by atoms with Crippen LogP contribution in [0.5, 0.6) is 5.75 Å². The van der Waals surface area contributed by atoms with Gasteiger partial charge in [-0.25, -0.2) is 4.79 Å². The molecule has 29 heavy (non-hydrogen) atoms. The van der Waals surface area contributed by atoms with Crippen molar-refractivity contribution in [2.24, 2.45) is 0 Å². The Morgan fingerprint density at radius 1 is 1.07 bits per heavy atom. The van der Waals surface area contributed by atoms with Gasteiger partial charge in [0.1, 0.15) is 5.75 Å². The van der Waals surface area contributed by atoms with Crippen molar-refractivity contribution in [2.75, 3.05) is 43.1 Å². The summed E-state index contributed by atoms with van der Waals surface area (Å²) in [7, 11) is 0. The van der Waals surface area contributed by atoms with E-state index in [0.717, 1.165) is 32.0 Å². The number of hydrogen-bond acceptors (Lipinski definition) is 6. The van der Waals surface area contributed by atoms with E-state index in [0.29, 0.717) is 23.6 Å². The van der Waals surface area contributed by atoms with Crippen LogP contribution in [0.4, 0.5) is 11.4 Å². The van der Waals surface area contributed by atoms with E-state index < -0.39 is 6.10 Å². The highest BCUT2D eigenvalue weighted by Gasteiger charge is 2.16. The maximum absolute atomic E-state index is 12.4. The van der Waals surface area contributed by atoms with E-state index in [4.69, 9.17) is 14.2 Å². The molecule has 154 valence electrons. The summed E-state index contributed by atoms with van der Waals surface area (Å²) in [5.74, 6) is -0.132. The molecule has 0 unspecified atom stereocenters. The van der Waals surface area contributed by atoms with E-state index in [-0.39, 0.29) is 11.9 Å². The Labute approximate surface area is 170 Å². The smallest absolute Gasteiger partial charge is 0.338 e. The molecule has 3 rings (SSSR count). The monoisotopic (exact) mass is 398 g/mol. The lowest BCUT2D eigenvalue weighted by molar-refractivity contribution is -0.122. The molecule has 2 aromatic carbocycles. The van der Waals surface area contributed by atoms with Crippen molar-refractivity contribution in [2.45, 2.75) is 20.0 Å². The second-order valence-corrected chi connectivity index (χ2v) is 6.64. The predicted octanol–water partition coefficient (Wildman–Crippen LogP) is 3.11. The number of rotatable bonds is 7. The molecule has 1 amide bonds. The SMILES string of the molecule is CCOC(=O)c1ccc(O[C@@H](C)C(=O)Nc2ccc(N3CCOCC3)cc2)cc1. The van der Waals surface area contributed by atoms with Gasteiger partial charge in [-0.3, -0.25) is 4.79 Å². The van der Waals surface area contributed by atoms with Crippen LogP contribution in [0, 0.1) is 0 Å². The van der Waals surface area contributed by atoms with E-state index in [1.54, 1.807) is 38.1 Å². The van der Waals surface area contributed by atoms with E-state index in [2.05, 4.69) is 10.2 Å². The fraction of sp³-hybridized carbons (Fsp3) is 0.364. The minimum Gasteiger partial charge on any atom is -0.481 e. The first-order valence-electron chi connectivity index (χ1n) is 9.74. The van der Waals surface area contributed by atoms with Gasteiger partial charge in [-0.15, -0.1) is 0 Å². The number of benzene rings is 2. The van der Waals surface area contributed by atoms with Gasteiger partial charge in [0.25, 0.3) is 5.91 Å². The van der Waals surface area contributed by atoms with E-state index in [1.165, 1.54) is 0 Å². The molecule has 0 aromatic heterocycles. The first kappa shape index (κ1) is 20.7. The molecule has 0 radical (unpaired) electrons. The number of nitrogens with one attached hydrogen (secondary N) is 1. The standard InChI is InChI=1S/C22H26N2O5/c1-3-28-22(26)17-4-10-20(11-5-17)29-16(2)21(25)23-18-6-8-19(9-7-18)24-12-14-27-15-13-24/h4-11,16H,3,12-15H2,1-2H3,(H,23,25)/t16-/m0/s1. The third kappa shape index (κ3) is 5.71. The van der Waals surface area contributed by atoms with Crippen LogP contribution in [0.15, 0.2) is 48.5 Å². The lowest BCUT2D eigenvalue weighted by Gasteiger charge is -2.29. The van der Waals surface area contributed by atoms with E-state index in [1.807, 2.05) is 24.3 Å². The molecule has 1 aliphatic rings. The molecule has 1 aliphatic heterocycles. The van der Waals surface area contributed by atoms with Gasteiger partial charge in [-0.1, -0.05) is 0 Å². The molecule has 1 saturated heterocycles. The topological polar surface area (TPSA) is 77.1 Å². The van der Waals surface area contributed by atoms with Crippen LogP contribution in [0.2, 0.25) is 0 Å². The molecular weight excluding hydrogens is 372 g/mol. The number of carbonyl (C=O) groups is 2. The molecule has 7 heteroatoms. The molecule has 1 heterocycles. The lowest BCUT2D eigenvalue weighted by Crippen LogP contribution is -2.36. The zero-order valence-electron chi connectivity index (χ0n) is 16.7. The minimum absolute atomic E-state index is 0.251. The summed E-state index contributed by atoms with van der Waals surface area (Å²) in [6, 6.07) is 14.2. The highest BCUT2D eigenvalue weighted by atomic mass is 16.5. The number of carbonyl (C=O) groups excluding carboxylic acids is 2. The molecule has 0 aliphatic carbocycles. The molecular formula is C22H26N2O5. The van der Waals surface area contributed by atoms with Crippen LogP contribution in [0.3, 0.4) is 0 Å². The number of esters is 1. The van der Waals surface area contributed by atoms with Crippen molar-refractivity contribution >= 4 is 23.3 Å². The molecule has 2 aromatic rings. The largest absolute Gasteiger partial charge is 0.481 e. The number of anilines is 2. The van der Waals surface area contributed by atoms with Gasteiger partial charge in [0, 0.05) is 24.5 Å². The van der Waals surface area contributed by atoms with Crippen LogP contribution in [0.1, 0.15) is 24.2 Å². The van der Waals surface area contributed by atoms with Gasteiger partial charge in [0.15, 0.2) is 6.10 Å². The molecule has 0 bridgehead atoms. The molecule has 1 atom stereocenters. The van der Waals surface area contributed by atoms with Gasteiger partial charge in [0.2, 0.25) is 0 Å². The first-order valence-corrected chi connectivity index (χ1v) is 9.74. The molecule has 1 fully saturated rings. The zero-order valence-corrected chi connectivity index (χ0v) is 16.7. The van der Waals surface area contributed by atoms with Gasteiger partial charge >= 0.3 is 5.97 Å². The van der Waals surface area contributed by atoms with Crippen LogP contribution in [-0.4, -0.2) is 50.9 Å². The maximum atomic E-state index is 12.4. The minimum atomic E-state index is -0.692. The Balaban J connectivity index is 1.53. The van der Waals surface area contributed by atoms with Crippen molar-refractivity contribution in [3.63, 3.8) is 0 Å². The quantitative estimate of drug-likeness (QED) is 0.722. The van der Waals surface area contributed by atoms with Crippen LogP contribution in [0.25, 0.3) is 0 Å². The predicted molar refractivity (Wildman–Crippen MR) is 111 cm³/mol. The summed E-state index contributed by atoms with van der Waals surface area (Å²) in [5, 5.41) is 2.86. The van der Waals surface area contributed by atoms with Crippen molar-refractivity contribution < 1.29 is 23.8 Å². The Morgan fingerprint density at radius 2 is 1.72 bits per heavy atom. The zero-order chi connectivity index (χ0) is 20.6. The Kier molecular flexibility index (Phi) is 7.08. The van der Waals surface area contributed by atoms with Gasteiger partial charge in [0.05, 0.1) is 25.4 Å². The fourth-order valence-electron chi connectivity index (χ4n) is 2.96. The number of ether oxygens (including phenoxy) is 3. The molecule has 0 saturated carbocycles. The van der Waals surface area contributed by atoms with Gasteiger partial charge < -0.3 is 24.4 Å². The summed E-state index contributed by atoms with van der Waals surface area (Å²) in [5.41, 5.74) is 2.26. The molecule has 7 nitrogen and oxygen atoms in total. The lowest BCUT2D eigenvalue weighted by atomic mass is 10.2. The third-order valence-electron chi connectivity index (χ3n) is 4.56. The van der Waals surface area contributed by atoms with Crippen molar-refractivity contribution in [3.05, 3.63) is 54.1 Å². The number of hydrogen-bond donors (Lipinski definition) is 1. The fourth-order valence-corrected chi connectivity index (χ4v) is 2.96.